The highest BCUT2D eigenvalue weighted by Crippen LogP contribution is 2.23. The van der Waals surface area contributed by atoms with E-state index in [1.807, 2.05) is 35.3 Å². The van der Waals surface area contributed by atoms with E-state index in [1.54, 1.807) is 11.3 Å². The highest BCUT2D eigenvalue weighted by molar-refractivity contribution is 7.15. The number of fused-ring (bicyclic) bond motifs is 1. The van der Waals surface area contributed by atoms with Crippen molar-refractivity contribution in [3.63, 3.8) is 0 Å². The van der Waals surface area contributed by atoms with Crippen LogP contribution < -0.4 is 10.1 Å². The number of hydrogen-bond donors (Lipinski definition) is 1. The molecule has 0 fully saturated rings. The lowest BCUT2D eigenvalue weighted by molar-refractivity contribution is 0.300. The van der Waals surface area contributed by atoms with E-state index in [2.05, 4.69) is 36.3 Å². The van der Waals surface area contributed by atoms with Crippen LogP contribution in [-0.2, 0) is 6.61 Å². The Labute approximate surface area is 128 Å². The molecule has 2 aromatic heterocycles. The standard InChI is InChI=1S/C16H19N3OS/c1-11-8-13(12(2)17-3)4-5-15(11)20-10-14-9-19-6-7-21-16(19)18-14/h4-9,12,17H,10H2,1-3H3. The quantitative estimate of drug-likeness (QED) is 0.783. The first-order chi connectivity index (χ1) is 10.2. The Morgan fingerprint density at radius 1 is 1.43 bits per heavy atom. The predicted octanol–water partition coefficient (Wildman–Crippen LogP) is 3.56. The van der Waals surface area contributed by atoms with Crippen molar-refractivity contribution < 1.29 is 4.74 Å². The summed E-state index contributed by atoms with van der Waals surface area (Å²) in [5.74, 6) is 0.915. The molecule has 0 aliphatic carbocycles. The number of imidazole rings is 1. The third-order valence-corrected chi connectivity index (χ3v) is 4.42. The molecule has 1 aromatic carbocycles. The topological polar surface area (TPSA) is 38.6 Å². The first-order valence-corrected chi connectivity index (χ1v) is 7.87. The summed E-state index contributed by atoms with van der Waals surface area (Å²) in [6, 6.07) is 6.66. The van der Waals surface area contributed by atoms with Gasteiger partial charge in [-0.1, -0.05) is 12.1 Å². The zero-order valence-corrected chi connectivity index (χ0v) is 13.3. The average Bonchev–Trinajstić information content (AvgIpc) is 3.06. The summed E-state index contributed by atoms with van der Waals surface area (Å²) in [7, 11) is 1.97. The molecule has 110 valence electrons. The summed E-state index contributed by atoms with van der Waals surface area (Å²) in [5, 5.41) is 5.27. The molecule has 0 aliphatic heterocycles. The Kier molecular flexibility index (Phi) is 3.94. The first-order valence-electron chi connectivity index (χ1n) is 6.99. The molecule has 21 heavy (non-hydrogen) atoms. The van der Waals surface area contributed by atoms with E-state index in [1.165, 1.54) is 5.56 Å². The summed E-state index contributed by atoms with van der Waals surface area (Å²) >= 11 is 1.63. The zero-order valence-electron chi connectivity index (χ0n) is 12.5. The van der Waals surface area contributed by atoms with Crippen molar-refractivity contribution in [3.05, 3.63) is 52.8 Å². The fourth-order valence-corrected chi connectivity index (χ4v) is 2.99. The monoisotopic (exact) mass is 301 g/mol. The Morgan fingerprint density at radius 2 is 2.29 bits per heavy atom. The molecule has 5 heteroatoms. The van der Waals surface area contributed by atoms with Crippen LogP contribution in [0.3, 0.4) is 0 Å². The van der Waals surface area contributed by atoms with Gasteiger partial charge in [0.2, 0.25) is 0 Å². The minimum absolute atomic E-state index is 0.345. The molecular formula is C16H19N3OS. The number of ether oxygens (including phenoxy) is 1. The van der Waals surface area contributed by atoms with E-state index < -0.39 is 0 Å². The highest BCUT2D eigenvalue weighted by Gasteiger charge is 2.08. The van der Waals surface area contributed by atoms with Crippen LogP contribution in [0.5, 0.6) is 5.75 Å². The van der Waals surface area contributed by atoms with E-state index in [-0.39, 0.29) is 0 Å². The van der Waals surface area contributed by atoms with Gasteiger partial charge in [-0.25, -0.2) is 4.98 Å². The van der Waals surface area contributed by atoms with Gasteiger partial charge in [-0.3, -0.25) is 4.40 Å². The van der Waals surface area contributed by atoms with Crippen molar-refractivity contribution in [3.8, 4) is 5.75 Å². The van der Waals surface area contributed by atoms with Crippen molar-refractivity contribution in [2.75, 3.05) is 7.05 Å². The van der Waals surface area contributed by atoms with Crippen molar-refractivity contribution >= 4 is 16.3 Å². The van der Waals surface area contributed by atoms with Crippen molar-refractivity contribution in [2.45, 2.75) is 26.5 Å². The van der Waals surface area contributed by atoms with Gasteiger partial charge in [0.25, 0.3) is 0 Å². The molecule has 3 rings (SSSR count). The number of nitrogens with zero attached hydrogens (tertiary/aromatic N) is 2. The molecule has 1 atom stereocenters. The van der Waals surface area contributed by atoms with E-state index in [0.29, 0.717) is 12.6 Å². The third-order valence-electron chi connectivity index (χ3n) is 3.65. The normalized spacial score (nSPS) is 12.7. The fourth-order valence-electron chi connectivity index (χ4n) is 2.27. The molecule has 0 bridgehead atoms. The van der Waals surface area contributed by atoms with Crippen LogP contribution in [-0.4, -0.2) is 16.4 Å². The summed E-state index contributed by atoms with van der Waals surface area (Å²) < 4.78 is 7.92. The fraction of sp³-hybridized carbons (Fsp3) is 0.312. The number of thiazole rings is 1. The Morgan fingerprint density at radius 3 is 3.00 bits per heavy atom. The van der Waals surface area contributed by atoms with Crippen molar-refractivity contribution in [1.82, 2.24) is 14.7 Å². The molecule has 0 amide bonds. The van der Waals surface area contributed by atoms with E-state index in [9.17, 15) is 0 Å². The van der Waals surface area contributed by atoms with Crippen LogP contribution in [0.4, 0.5) is 0 Å². The summed E-state index contributed by atoms with van der Waals surface area (Å²) in [5.41, 5.74) is 3.37. The second-order valence-electron chi connectivity index (χ2n) is 5.15. The van der Waals surface area contributed by atoms with Crippen LogP contribution >= 0.6 is 11.3 Å². The molecule has 0 spiro atoms. The predicted molar refractivity (Wildman–Crippen MR) is 86.1 cm³/mol. The number of nitrogens with one attached hydrogen (secondary N) is 1. The van der Waals surface area contributed by atoms with Gasteiger partial charge in [0.1, 0.15) is 12.4 Å². The largest absolute Gasteiger partial charge is 0.487 e. The molecule has 2 heterocycles. The molecule has 0 saturated heterocycles. The Balaban J connectivity index is 1.71. The Bertz CT molecular complexity index is 718. The van der Waals surface area contributed by atoms with E-state index in [4.69, 9.17) is 4.74 Å². The number of rotatable bonds is 5. The van der Waals surface area contributed by atoms with Crippen molar-refractivity contribution in [2.24, 2.45) is 0 Å². The maximum absolute atomic E-state index is 5.90. The lowest BCUT2D eigenvalue weighted by Crippen LogP contribution is -2.12. The molecule has 3 aromatic rings. The lowest BCUT2D eigenvalue weighted by atomic mass is 10.1. The van der Waals surface area contributed by atoms with Gasteiger partial charge in [0, 0.05) is 23.8 Å². The number of aryl methyl sites for hydroxylation is 1. The number of hydrogen-bond acceptors (Lipinski definition) is 4. The molecule has 1 unspecified atom stereocenters. The second-order valence-corrected chi connectivity index (χ2v) is 6.02. The first kappa shape index (κ1) is 14.1. The van der Waals surface area contributed by atoms with E-state index >= 15 is 0 Å². The van der Waals surface area contributed by atoms with Crippen LogP contribution in [0.25, 0.3) is 4.96 Å². The van der Waals surface area contributed by atoms with Gasteiger partial charge in [-0.15, -0.1) is 11.3 Å². The average molecular weight is 301 g/mol. The molecular weight excluding hydrogens is 282 g/mol. The maximum Gasteiger partial charge on any atom is 0.193 e. The smallest absolute Gasteiger partial charge is 0.193 e. The zero-order chi connectivity index (χ0) is 14.8. The van der Waals surface area contributed by atoms with Gasteiger partial charge < -0.3 is 10.1 Å². The molecule has 0 aliphatic rings. The third kappa shape index (κ3) is 2.94. The van der Waals surface area contributed by atoms with E-state index in [0.717, 1.165) is 22.0 Å². The minimum Gasteiger partial charge on any atom is -0.487 e. The summed E-state index contributed by atoms with van der Waals surface area (Å²) in [4.78, 5) is 5.53. The van der Waals surface area contributed by atoms with Gasteiger partial charge in [-0.05, 0) is 38.1 Å². The minimum atomic E-state index is 0.345. The maximum atomic E-state index is 5.90. The lowest BCUT2D eigenvalue weighted by Gasteiger charge is -2.14. The Hall–Kier alpha value is -1.85. The van der Waals surface area contributed by atoms with Crippen molar-refractivity contribution in [1.29, 1.82) is 0 Å². The molecule has 1 N–H and O–H groups in total. The van der Waals surface area contributed by atoms with Gasteiger partial charge >= 0.3 is 0 Å². The number of benzene rings is 1. The molecule has 0 radical (unpaired) electrons. The van der Waals surface area contributed by atoms with Crippen LogP contribution in [0.2, 0.25) is 0 Å². The van der Waals surface area contributed by atoms with Gasteiger partial charge in [0.05, 0.1) is 5.69 Å². The SMILES string of the molecule is CNC(C)c1ccc(OCc2cn3ccsc3n2)c(C)c1. The highest BCUT2D eigenvalue weighted by atomic mass is 32.1. The van der Waals surface area contributed by atoms with Crippen LogP contribution in [0, 0.1) is 6.92 Å². The van der Waals surface area contributed by atoms with Gasteiger partial charge in [0.15, 0.2) is 4.96 Å². The summed E-state index contributed by atoms with van der Waals surface area (Å²) in [6.07, 6.45) is 4.02. The molecule has 4 nitrogen and oxygen atoms in total. The van der Waals surface area contributed by atoms with Gasteiger partial charge in [-0.2, -0.15) is 0 Å². The molecule has 0 saturated carbocycles. The number of aromatic nitrogens is 2. The van der Waals surface area contributed by atoms with Crippen LogP contribution in [0.1, 0.15) is 29.8 Å². The second kappa shape index (κ2) is 5.87. The summed E-state index contributed by atoms with van der Waals surface area (Å²) in [6.45, 7) is 4.72. The van der Waals surface area contributed by atoms with Crippen LogP contribution in [0.15, 0.2) is 36.0 Å².